The van der Waals surface area contributed by atoms with E-state index in [1.165, 1.54) is 21.9 Å². The van der Waals surface area contributed by atoms with Gasteiger partial charge in [0, 0.05) is 39.2 Å². The average molecular weight is 663 g/mol. The second-order valence-electron chi connectivity index (χ2n) is 13.1. The summed E-state index contributed by atoms with van der Waals surface area (Å²) in [6.07, 6.45) is 1.83. The minimum absolute atomic E-state index is 0.696. The Morgan fingerprint density at radius 2 is 0.904 bits per heavy atom. The molecule has 0 aliphatic rings. The van der Waals surface area contributed by atoms with Gasteiger partial charge in [-0.3, -0.25) is 4.98 Å². The molecule has 52 heavy (non-hydrogen) atoms. The minimum Gasteiger partial charge on any atom is -0.254 e. The second-order valence-corrected chi connectivity index (χ2v) is 13.1. The molecule has 242 valence electrons. The number of benzene rings is 7. The average Bonchev–Trinajstić information content (AvgIpc) is 3.23. The first-order chi connectivity index (χ1) is 25.7. The number of hydrogen-bond acceptors (Lipinski definition) is 4. The minimum atomic E-state index is 0.696. The summed E-state index contributed by atoms with van der Waals surface area (Å²) in [4.78, 5) is 20.1. The molecule has 0 amide bonds. The molecule has 0 radical (unpaired) electrons. The molecule has 0 aliphatic heterocycles. The number of rotatable bonds is 5. The van der Waals surface area contributed by atoms with E-state index in [0.717, 1.165) is 71.9 Å². The van der Waals surface area contributed by atoms with Crippen LogP contribution in [0.15, 0.2) is 182 Å². The van der Waals surface area contributed by atoms with Crippen LogP contribution in [0.4, 0.5) is 0 Å². The fourth-order valence-electron chi connectivity index (χ4n) is 7.31. The van der Waals surface area contributed by atoms with Gasteiger partial charge in [-0.15, -0.1) is 0 Å². The van der Waals surface area contributed by atoms with Gasteiger partial charge in [-0.1, -0.05) is 146 Å². The quantitative estimate of drug-likeness (QED) is 0.172. The fraction of sp³-hybridized carbons (Fsp3) is 0. The van der Waals surface area contributed by atoms with Gasteiger partial charge in [0.25, 0.3) is 0 Å². The van der Waals surface area contributed by atoms with Gasteiger partial charge in [0.1, 0.15) is 0 Å². The van der Waals surface area contributed by atoms with Crippen LogP contribution in [0, 0.1) is 0 Å². The first kappa shape index (κ1) is 29.8. The van der Waals surface area contributed by atoms with Crippen molar-refractivity contribution in [1.82, 2.24) is 19.9 Å². The number of aromatic nitrogens is 4. The van der Waals surface area contributed by atoms with E-state index in [-0.39, 0.29) is 0 Å². The van der Waals surface area contributed by atoms with Gasteiger partial charge in [0.2, 0.25) is 0 Å². The lowest BCUT2D eigenvalue weighted by Crippen LogP contribution is -1.97. The molecular formula is C48H30N4. The highest BCUT2D eigenvalue weighted by atomic mass is 14.9. The summed E-state index contributed by atoms with van der Waals surface area (Å²) < 4.78 is 0. The molecule has 0 unspecified atom stereocenters. The fourth-order valence-corrected chi connectivity index (χ4v) is 7.31. The molecule has 0 spiro atoms. The Balaban J connectivity index is 1.10. The number of pyridine rings is 2. The second kappa shape index (κ2) is 12.4. The summed E-state index contributed by atoms with van der Waals surface area (Å²) in [6, 6.07) is 61.5. The normalized spacial score (nSPS) is 11.5. The number of fused-ring (bicyclic) bond motifs is 5. The van der Waals surface area contributed by atoms with Crippen molar-refractivity contribution in [3.63, 3.8) is 0 Å². The molecule has 10 aromatic rings. The van der Waals surface area contributed by atoms with Crippen molar-refractivity contribution in [1.29, 1.82) is 0 Å². The molecule has 0 fully saturated rings. The van der Waals surface area contributed by atoms with Gasteiger partial charge in [0.05, 0.1) is 28.1 Å². The van der Waals surface area contributed by atoms with Gasteiger partial charge in [-0.05, 0) is 63.0 Å². The Hall–Kier alpha value is -7.04. The van der Waals surface area contributed by atoms with Gasteiger partial charge in [-0.2, -0.15) is 0 Å². The van der Waals surface area contributed by atoms with Crippen LogP contribution in [0.25, 0.3) is 99.6 Å². The van der Waals surface area contributed by atoms with E-state index in [1.807, 2.05) is 30.5 Å². The van der Waals surface area contributed by atoms with Gasteiger partial charge in [0.15, 0.2) is 5.82 Å². The summed E-state index contributed by atoms with van der Waals surface area (Å²) in [6.45, 7) is 0. The molecule has 4 heteroatoms. The predicted octanol–water partition coefficient (Wildman–Crippen LogP) is 12.2. The summed E-state index contributed by atoms with van der Waals surface area (Å²) in [7, 11) is 0. The van der Waals surface area contributed by atoms with Crippen molar-refractivity contribution < 1.29 is 0 Å². The highest BCUT2D eigenvalue weighted by molar-refractivity contribution is 6.06. The third-order valence-corrected chi connectivity index (χ3v) is 9.89. The van der Waals surface area contributed by atoms with E-state index in [1.54, 1.807) is 0 Å². The number of hydrogen-bond donors (Lipinski definition) is 0. The van der Waals surface area contributed by atoms with E-state index < -0.39 is 0 Å². The van der Waals surface area contributed by atoms with E-state index in [4.69, 9.17) is 15.0 Å². The van der Waals surface area contributed by atoms with Crippen molar-refractivity contribution >= 4 is 43.4 Å². The van der Waals surface area contributed by atoms with Gasteiger partial charge < -0.3 is 0 Å². The van der Waals surface area contributed by atoms with Gasteiger partial charge >= 0.3 is 0 Å². The van der Waals surface area contributed by atoms with Crippen LogP contribution >= 0.6 is 0 Å². The Morgan fingerprint density at radius 3 is 1.65 bits per heavy atom. The van der Waals surface area contributed by atoms with Crippen molar-refractivity contribution in [2.24, 2.45) is 0 Å². The first-order valence-electron chi connectivity index (χ1n) is 17.5. The highest BCUT2D eigenvalue weighted by Crippen LogP contribution is 2.38. The summed E-state index contributed by atoms with van der Waals surface area (Å²) >= 11 is 0. The summed E-state index contributed by atoms with van der Waals surface area (Å²) in [5.41, 5.74) is 11.0. The lowest BCUT2D eigenvalue weighted by Gasteiger charge is -2.14. The molecule has 0 saturated carbocycles. The molecule has 3 aromatic heterocycles. The topological polar surface area (TPSA) is 51.6 Å². The lowest BCUT2D eigenvalue weighted by molar-refractivity contribution is 1.19. The third kappa shape index (κ3) is 5.26. The van der Waals surface area contributed by atoms with Crippen LogP contribution in [0.2, 0.25) is 0 Å². The first-order valence-corrected chi connectivity index (χ1v) is 17.5. The lowest BCUT2D eigenvalue weighted by atomic mass is 9.92. The zero-order valence-corrected chi connectivity index (χ0v) is 28.1. The molecule has 0 atom stereocenters. The summed E-state index contributed by atoms with van der Waals surface area (Å²) in [5, 5.41) is 6.79. The molecule has 0 N–H and O–H groups in total. The Bertz CT molecular complexity index is 2950. The van der Waals surface area contributed by atoms with Crippen molar-refractivity contribution in [3.8, 4) is 56.3 Å². The standard InChI is InChI=1S/C48H30N4/c1-3-10-31(11-4-1)40-17-7-14-32-15-8-18-41(45(32)40)44-30-43(51-48(52-44)35-12-5-2-6-13-35)39-24-22-36-28-38(23-21-37(36)29-39)42-26-25-34-20-19-33-16-9-27-49-46(33)47(34)50-42/h1-30H. The number of nitrogens with zero attached hydrogens (tertiary/aromatic N) is 4. The zero-order valence-electron chi connectivity index (χ0n) is 28.1. The van der Waals surface area contributed by atoms with Crippen LogP contribution in [0.3, 0.4) is 0 Å². The molecule has 0 bridgehead atoms. The third-order valence-electron chi connectivity index (χ3n) is 9.89. The molecule has 3 heterocycles. The van der Waals surface area contributed by atoms with Crippen molar-refractivity contribution in [3.05, 3.63) is 182 Å². The Labute approximate surface area is 300 Å². The van der Waals surface area contributed by atoms with E-state index >= 15 is 0 Å². The maximum atomic E-state index is 5.21. The Kier molecular flexibility index (Phi) is 7.10. The molecule has 4 nitrogen and oxygen atoms in total. The van der Waals surface area contributed by atoms with Crippen molar-refractivity contribution in [2.45, 2.75) is 0 Å². The zero-order chi connectivity index (χ0) is 34.4. The Morgan fingerprint density at radius 1 is 0.308 bits per heavy atom. The largest absolute Gasteiger partial charge is 0.254 e. The maximum Gasteiger partial charge on any atom is 0.160 e. The molecular weight excluding hydrogens is 633 g/mol. The smallest absolute Gasteiger partial charge is 0.160 e. The van der Waals surface area contributed by atoms with Crippen molar-refractivity contribution in [2.75, 3.05) is 0 Å². The highest BCUT2D eigenvalue weighted by Gasteiger charge is 2.16. The van der Waals surface area contributed by atoms with Crippen LogP contribution in [0.1, 0.15) is 0 Å². The maximum absolute atomic E-state index is 5.21. The SMILES string of the molecule is c1ccc(-c2nc(-c3ccc4cc(-c5ccc6ccc7cccnc7c6n5)ccc4c3)cc(-c3cccc4cccc(-c5ccccc5)c34)n2)cc1. The van der Waals surface area contributed by atoms with E-state index in [0.29, 0.717) is 5.82 Å². The van der Waals surface area contributed by atoms with E-state index in [9.17, 15) is 0 Å². The monoisotopic (exact) mass is 662 g/mol. The van der Waals surface area contributed by atoms with E-state index in [2.05, 4.69) is 157 Å². The molecule has 10 rings (SSSR count). The molecule has 0 saturated heterocycles. The van der Waals surface area contributed by atoms with Crippen LogP contribution in [-0.2, 0) is 0 Å². The molecule has 0 aliphatic carbocycles. The summed E-state index contributed by atoms with van der Waals surface area (Å²) in [5.74, 6) is 0.696. The van der Waals surface area contributed by atoms with Crippen LogP contribution < -0.4 is 0 Å². The van der Waals surface area contributed by atoms with Crippen LogP contribution in [-0.4, -0.2) is 19.9 Å². The predicted molar refractivity (Wildman–Crippen MR) is 215 cm³/mol. The van der Waals surface area contributed by atoms with Crippen LogP contribution in [0.5, 0.6) is 0 Å². The van der Waals surface area contributed by atoms with Gasteiger partial charge in [-0.25, -0.2) is 15.0 Å². The molecule has 7 aromatic carbocycles.